The van der Waals surface area contributed by atoms with Gasteiger partial charge in [0.2, 0.25) is 0 Å². The molecule has 0 saturated heterocycles. The van der Waals surface area contributed by atoms with Crippen molar-refractivity contribution in [3.63, 3.8) is 0 Å². The largest absolute Gasteiger partial charge is 0.394 e. The molecule has 0 fully saturated rings. The summed E-state index contributed by atoms with van der Waals surface area (Å²) in [7, 11) is 1.69. The minimum atomic E-state index is -1.47. The predicted molar refractivity (Wildman–Crippen MR) is 68.4 cm³/mol. The Balaban J connectivity index is 2.58. The van der Waals surface area contributed by atoms with Gasteiger partial charge >= 0.3 is 0 Å². The molecule has 0 aromatic heterocycles. The molecule has 0 aliphatic carbocycles. The van der Waals surface area contributed by atoms with Crippen LogP contribution in [0.15, 0.2) is 35.4 Å². The summed E-state index contributed by atoms with van der Waals surface area (Å²) in [6.45, 7) is -0.624. The van der Waals surface area contributed by atoms with Crippen LogP contribution in [-0.4, -0.2) is 58.6 Å². The fourth-order valence-corrected chi connectivity index (χ4v) is 1.30. The Labute approximate surface area is 105 Å². The second-order valence-electron chi connectivity index (χ2n) is 3.85. The third-order valence-electron chi connectivity index (χ3n) is 2.45. The molecule has 4 N–H and O–H groups in total. The average Bonchev–Trinajstić information content (AvgIpc) is 2.43. The molecule has 6 nitrogen and oxygen atoms in total. The molecule has 0 saturated carbocycles. The van der Waals surface area contributed by atoms with Crippen molar-refractivity contribution >= 4 is 11.9 Å². The lowest BCUT2D eigenvalue weighted by Crippen LogP contribution is -2.40. The zero-order valence-corrected chi connectivity index (χ0v) is 10.1. The molecule has 0 radical (unpaired) electrons. The van der Waals surface area contributed by atoms with Crippen molar-refractivity contribution in [2.24, 2.45) is 5.10 Å². The van der Waals surface area contributed by atoms with Crippen LogP contribution >= 0.6 is 0 Å². The van der Waals surface area contributed by atoms with Crippen molar-refractivity contribution in [2.45, 2.75) is 18.3 Å². The SMILES string of the molecule is CN(/N=C/C(O)C(O)C(O)CO)c1ccccc1. The Kier molecular flexibility index (Phi) is 5.73. The zero-order valence-electron chi connectivity index (χ0n) is 10.1. The van der Waals surface area contributed by atoms with E-state index in [0.717, 1.165) is 11.9 Å². The van der Waals surface area contributed by atoms with E-state index in [1.807, 2.05) is 30.3 Å². The molecular formula is C12H18N2O4. The van der Waals surface area contributed by atoms with Gasteiger partial charge in [-0.25, -0.2) is 0 Å². The molecule has 0 spiro atoms. The van der Waals surface area contributed by atoms with Crippen molar-refractivity contribution < 1.29 is 20.4 Å². The maximum Gasteiger partial charge on any atom is 0.119 e. The quantitative estimate of drug-likeness (QED) is 0.393. The predicted octanol–water partition coefficient (Wildman–Crippen LogP) is -0.816. The lowest BCUT2D eigenvalue weighted by atomic mass is 10.1. The molecule has 6 heteroatoms. The molecule has 0 heterocycles. The van der Waals surface area contributed by atoms with Gasteiger partial charge in [-0.15, -0.1) is 0 Å². The van der Waals surface area contributed by atoms with E-state index in [1.165, 1.54) is 5.01 Å². The molecular weight excluding hydrogens is 236 g/mol. The average molecular weight is 254 g/mol. The fraction of sp³-hybridized carbons (Fsp3) is 0.417. The van der Waals surface area contributed by atoms with Gasteiger partial charge in [0.15, 0.2) is 0 Å². The Morgan fingerprint density at radius 1 is 1.22 bits per heavy atom. The highest BCUT2D eigenvalue weighted by Crippen LogP contribution is 2.10. The van der Waals surface area contributed by atoms with Crippen molar-refractivity contribution in [2.75, 3.05) is 18.7 Å². The van der Waals surface area contributed by atoms with Gasteiger partial charge in [-0.2, -0.15) is 5.10 Å². The second kappa shape index (κ2) is 7.07. The lowest BCUT2D eigenvalue weighted by Gasteiger charge is -2.19. The number of para-hydroxylation sites is 1. The molecule has 100 valence electrons. The van der Waals surface area contributed by atoms with E-state index in [9.17, 15) is 10.2 Å². The van der Waals surface area contributed by atoms with Crippen molar-refractivity contribution in [3.8, 4) is 0 Å². The number of anilines is 1. The van der Waals surface area contributed by atoms with Crippen LogP contribution < -0.4 is 5.01 Å². The highest BCUT2D eigenvalue weighted by atomic mass is 16.4. The number of hydrazone groups is 1. The second-order valence-corrected chi connectivity index (χ2v) is 3.85. The smallest absolute Gasteiger partial charge is 0.119 e. The summed E-state index contributed by atoms with van der Waals surface area (Å²) >= 11 is 0. The first kappa shape index (κ1) is 14.6. The van der Waals surface area contributed by atoms with Crippen LogP contribution in [0.3, 0.4) is 0 Å². The van der Waals surface area contributed by atoms with Crippen LogP contribution in [-0.2, 0) is 0 Å². The van der Waals surface area contributed by atoms with Crippen LogP contribution in [0.5, 0.6) is 0 Å². The van der Waals surface area contributed by atoms with Gasteiger partial charge in [0, 0.05) is 7.05 Å². The molecule has 18 heavy (non-hydrogen) atoms. The molecule has 0 aliphatic heterocycles. The normalized spacial score (nSPS) is 16.5. The van der Waals surface area contributed by atoms with E-state index in [0.29, 0.717) is 0 Å². The third kappa shape index (κ3) is 4.08. The number of benzene rings is 1. The molecule has 3 atom stereocenters. The number of hydrogen-bond acceptors (Lipinski definition) is 6. The van der Waals surface area contributed by atoms with E-state index < -0.39 is 24.9 Å². The van der Waals surface area contributed by atoms with Gasteiger partial charge in [0.1, 0.15) is 18.3 Å². The minimum Gasteiger partial charge on any atom is -0.394 e. The molecule has 0 aliphatic rings. The molecule has 0 amide bonds. The van der Waals surface area contributed by atoms with Crippen LogP contribution in [0.4, 0.5) is 5.69 Å². The van der Waals surface area contributed by atoms with Gasteiger partial charge in [0.05, 0.1) is 18.5 Å². The van der Waals surface area contributed by atoms with E-state index in [4.69, 9.17) is 10.2 Å². The summed E-state index contributed by atoms with van der Waals surface area (Å²) in [5.41, 5.74) is 0.818. The van der Waals surface area contributed by atoms with Crippen molar-refractivity contribution in [3.05, 3.63) is 30.3 Å². The maximum absolute atomic E-state index is 9.52. The lowest BCUT2D eigenvalue weighted by molar-refractivity contribution is -0.0541. The van der Waals surface area contributed by atoms with Crippen LogP contribution in [0, 0.1) is 0 Å². The monoisotopic (exact) mass is 254 g/mol. The van der Waals surface area contributed by atoms with Crippen molar-refractivity contribution in [1.29, 1.82) is 0 Å². The van der Waals surface area contributed by atoms with Gasteiger partial charge in [-0.1, -0.05) is 18.2 Å². The number of rotatable bonds is 6. The molecule has 0 bridgehead atoms. The van der Waals surface area contributed by atoms with E-state index >= 15 is 0 Å². The van der Waals surface area contributed by atoms with Crippen LogP contribution in [0.25, 0.3) is 0 Å². The standard InChI is InChI=1S/C12H18N2O4/c1-14(9-5-3-2-4-6-9)13-7-10(16)12(18)11(17)8-15/h2-7,10-12,15-18H,8H2,1H3/b13-7+. The Hall–Kier alpha value is -1.47. The summed E-state index contributed by atoms with van der Waals surface area (Å²) in [6.07, 6.45) is -3.11. The Morgan fingerprint density at radius 2 is 1.83 bits per heavy atom. The first-order valence-electron chi connectivity index (χ1n) is 5.54. The minimum absolute atomic E-state index is 0.624. The number of aliphatic hydroxyl groups is 4. The summed E-state index contributed by atoms with van der Waals surface area (Å²) in [5, 5.41) is 42.1. The summed E-state index contributed by atoms with van der Waals surface area (Å²) in [5.74, 6) is 0. The first-order chi connectivity index (χ1) is 8.56. The Bertz CT molecular complexity index is 372. The number of hydrogen-bond donors (Lipinski definition) is 4. The van der Waals surface area contributed by atoms with Gasteiger partial charge in [-0.05, 0) is 12.1 Å². The van der Waals surface area contributed by atoms with E-state index in [-0.39, 0.29) is 0 Å². The van der Waals surface area contributed by atoms with Gasteiger partial charge in [0.25, 0.3) is 0 Å². The van der Waals surface area contributed by atoms with E-state index in [2.05, 4.69) is 5.10 Å². The van der Waals surface area contributed by atoms with Crippen LogP contribution in [0.1, 0.15) is 0 Å². The van der Waals surface area contributed by atoms with E-state index in [1.54, 1.807) is 7.05 Å². The number of aliphatic hydroxyl groups excluding tert-OH is 4. The molecule has 1 aromatic rings. The fourth-order valence-electron chi connectivity index (χ4n) is 1.30. The van der Waals surface area contributed by atoms with Crippen molar-refractivity contribution in [1.82, 2.24) is 0 Å². The molecule has 1 rings (SSSR count). The number of nitrogens with zero attached hydrogens (tertiary/aromatic N) is 2. The summed E-state index contributed by atoms with van der Waals surface area (Å²) in [6, 6.07) is 9.24. The zero-order chi connectivity index (χ0) is 13.5. The maximum atomic E-state index is 9.52. The van der Waals surface area contributed by atoms with Gasteiger partial charge in [-0.3, -0.25) is 5.01 Å². The summed E-state index contributed by atoms with van der Waals surface area (Å²) in [4.78, 5) is 0. The molecule has 1 aromatic carbocycles. The third-order valence-corrected chi connectivity index (χ3v) is 2.45. The van der Waals surface area contributed by atoms with Crippen LogP contribution in [0.2, 0.25) is 0 Å². The highest BCUT2D eigenvalue weighted by Gasteiger charge is 2.22. The Morgan fingerprint density at radius 3 is 2.39 bits per heavy atom. The molecule has 3 unspecified atom stereocenters. The highest BCUT2D eigenvalue weighted by molar-refractivity contribution is 5.65. The topological polar surface area (TPSA) is 96.5 Å². The van der Waals surface area contributed by atoms with Gasteiger partial charge < -0.3 is 20.4 Å². The first-order valence-corrected chi connectivity index (χ1v) is 5.54. The summed E-state index contributed by atoms with van der Waals surface area (Å²) < 4.78 is 0.